The van der Waals surface area contributed by atoms with Gasteiger partial charge in [-0.3, -0.25) is 0 Å². The Morgan fingerprint density at radius 1 is 0.220 bits per heavy atom. The van der Waals surface area contributed by atoms with Gasteiger partial charge in [-0.25, -0.2) is 0 Å². The highest BCUT2D eigenvalue weighted by atomic mass is 15.2. The molecule has 8 bridgehead atoms. The summed E-state index contributed by atoms with van der Waals surface area (Å²) in [4.78, 5) is 3.21. The second-order valence-electron chi connectivity index (χ2n) is 22.2. The van der Waals surface area contributed by atoms with Gasteiger partial charge in [-0.2, -0.15) is 0 Å². The Morgan fingerprint density at radius 3 is 0.940 bits per heavy atom. The fraction of sp³-hybridized carbons (Fsp3) is 1.00. The lowest BCUT2D eigenvalue weighted by molar-refractivity contribution is 0.0451. The standard InChI is InChI=1S/C49H83N/c1-7-35-23-36(8-1)28-46(27-35)43-15-5-16-45(48-31-39-11-3-12-40(25-39)32-48)20-22-50(49-33-41-13-4-14-42(26-41)34-49)21-6-17-44(19-18-43)47-29-37-9-2-10-38(24-37)30-47/h35-49H,1-34H2. The van der Waals surface area contributed by atoms with E-state index >= 15 is 0 Å². The van der Waals surface area contributed by atoms with Crippen LogP contribution in [-0.2, 0) is 0 Å². The van der Waals surface area contributed by atoms with Crippen LogP contribution in [0.25, 0.3) is 0 Å². The molecule has 8 aliphatic carbocycles. The summed E-state index contributed by atoms with van der Waals surface area (Å²) in [5.41, 5.74) is 0. The maximum atomic E-state index is 3.21. The van der Waals surface area contributed by atoms with Gasteiger partial charge < -0.3 is 4.90 Å². The molecule has 0 aromatic rings. The van der Waals surface area contributed by atoms with Crippen molar-refractivity contribution in [2.24, 2.45) is 82.9 Å². The summed E-state index contributed by atoms with van der Waals surface area (Å²) < 4.78 is 0. The first-order valence-corrected chi connectivity index (χ1v) is 24.4. The van der Waals surface area contributed by atoms with Crippen LogP contribution >= 0.6 is 0 Å². The van der Waals surface area contributed by atoms with Crippen LogP contribution < -0.4 is 0 Å². The van der Waals surface area contributed by atoms with Crippen molar-refractivity contribution in [3.63, 3.8) is 0 Å². The molecule has 8 saturated carbocycles. The topological polar surface area (TPSA) is 3.24 Å². The molecule has 11 atom stereocenters. The Labute approximate surface area is 311 Å². The van der Waals surface area contributed by atoms with Crippen LogP contribution in [-0.4, -0.2) is 24.0 Å². The van der Waals surface area contributed by atoms with Gasteiger partial charge in [0, 0.05) is 6.04 Å². The Hall–Kier alpha value is -0.0400. The average Bonchev–Trinajstić information content (AvgIpc) is 3.11. The van der Waals surface area contributed by atoms with Gasteiger partial charge in [-0.05, 0) is 205 Å². The van der Waals surface area contributed by atoms with E-state index in [0.717, 1.165) is 88.9 Å². The van der Waals surface area contributed by atoms with Crippen LogP contribution in [0.3, 0.4) is 0 Å². The molecule has 11 unspecified atom stereocenters. The van der Waals surface area contributed by atoms with Crippen molar-refractivity contribution in [2.75, 3.05) is 13.1 Å². The smallest absolute Gasteiger partial charge is 0.0100 e. The second kappa shape index (κ2) is 16.8. The van der Waals surface area contributed by atoms with Gasteiger partial charge in [0.25, 0.3) is 0 Å². The summed E-state index contributed by atoms with van der Waals surface area (Å²) >= 11 is 0. The molecule has 0 spiro atoms. The van der Waals surface area contributed by atoms with Crippen LogP contribution in [0.15, 0.2) is 0 Å². The molecule has 0 amide bonds. The van der Waals surface area contributed by atoms with Gasteiger partial charge in [-0.15, -0.1) is 0 Å². The molecular weight excluding hydrogens is 603 g/mol. The lowest BCUT2D eigenvalue weighted by Crippen LogP contribution is -2.44. The SMILES string of the molecule is C1CC2CC(C1)CC(C1CCCC(C3CC4CCCC(C4)C3)CCN(C3CC4CCCC(C4)C3)CCCC(C3CC4CCCC(C4)C3)CC1)C2. The monoisotopic (exact) mass is 686 g/mol. The molecule has 0 aromatic heterocycles. The third-order valence-corrected chi connectivity index (χ3v) is 19.0. The van der Waals surface area contributed by atoms with E-state index < -0.39 is 0 Å². The predicted octanol–water partition coefficient (Wildman–Crippen LogP) is 13.9. The van der Waals surface area contributed by atoms with E-state index in [1.54, 1.807) is 199 Å². The molecule has 9 rings (SSSR count). The Bertz CT molecular complexity index is 840. The number of nitrogens with zero attached hydrogens (tertiary/aromatic N) is 1. The fourth-order valence-corrected chi connectivity index (χ4v) is 16.8. The average molecular weight is 686 g/mol. The van der Waals surface area contributed by atoms with Gasteiger partial charge in [0.05, 0.1) is 0 Å². The lowest BCUT2D eigenvalue weighted by Gasteiger charge is -2.46. The molecule has 0 radical (unpaired) electrons. The van der Waals surface area contributed by atoms with E-state index in [2.05, 4.69) is 4.90 Å². The van der Waals surface area contributed by atoms with Gasteiger partial charge in [0.1, 0.15) is 0 Å². The van der Waals surface area contributed by atoms with Crippen molar-refractivity contribution in [3.05, 3.63) is 0 Å². The quantitative estimate of drug-likeness (QED) is 0.285. The van der Waals surface area contributed by atoms with Crippen LogP contribution in [0.5, 0.6) is 0 Å². The molecule has 1 heterocycles. The van der Waals surface area contributed by atoms with Crippen molar-refractivity contribution in [2.45, 2.75) is 212 Å². The number of hydrogen-bond acceptors (Lipinski definition) is 1. The predicted molar refractivity (Wildman–Crippen MR) is 212 cm³/mol. The van der Waals surface area contributed by atoms with Gasteiger partial charge in [0.15, 0.2) is 0 Å². The highest BCUT2D eigenvalue weighted by molar-refractivity contribution is 4.93. The summed E-state index contributed by atoms with van der Waals surface area (Å²) in [7, 11) is 0. The van der Waals surface area contributed by atoms with Crippen molar-refractivity contribution in [1.29, 1.82) is 0 Å². The first-order chi connectivity index (χ1) is 24.7. The molecular formula is C49H83N. The molecule has 9 fully saturated rings. The van der Waals surface area contributed by atoms with Gasteiger partial charge >= 0.3 is 0 Å². The number of hydrogen-bond donors (Lipinski definition) is 0. The van der Waals surface area contributed by atoms with Crippen LogP contribution in [0.1, 0.15) is 205 Å². The molecule has 1 heteroatoms. The summed E-state index contributed by atoms with van der Waals surface area (Å²) in [5.74, 6) is 15.1. The highest BCUT2D eigenvalue weighted by Crippen LogP contribution is 2.51. The van der Waals surface area contributed by atoms with E-state index in [-0.39, 0.29) is 0 Å². The minimum absolute atomic E-state index is 0.931. The largest absolute Gasteiger partial charge is 0.300 e. The molecule has 1 nitrogen and oxygen atoms in total. The van der Waals surface area contributed by atoms with E-state index in [4.69, 9.17) is 0 Å². The zero-order valence-corrected chi connectivity index (χ0v) is 33.1. The third-order valence-electron chi connectivity index (χ3n) is 19.0. The normalized spacial score (nSPS) is 49.8. The molecule has 0 N–H and O–H groups in total. The van der Waals surface area contributed by atoms with Crippen LogP contribution in [0.2, 0.25) is 0 Å². The van der Waals surface area contributed by atoms with Crippen LogP contribution in [0, 0.1) is 82.9 Å². The molecule has 50 heavy (non-hydrogen) atoms. The minimum atomic E-state index is 0.931. The Balaban J connectivity index is 0.942. The van der Waals surface area contributed by atoms with Gasteiger partial charge in [-0.1, -0.05) is 96.3 Å². The van der Waals surface area contributed by atoms with Crippen molar-refractivity contribution in [3.8, 4) is 0 Å². The molecule has 0 aromatic carbocycles. The lowest BCUT2D eigenvalue weighted by atomic mass is 9.61. The first kappa shape index (κ1) is 35.6. The van der Waals surface area contributed by atoms with Crippen LogP contribution in [0.4, 0.5) is 0 Å². The maximum absolute atomic E-state index is 3.21. The second-order valence-corrected chi connectivity index (χ2v) is 22.2. The summed E-state index contributed by atoms with van der Waals surface area (Å²) in [6, 6.07) is 0.931. The van der Waals surface area contributed by atoms with E-state index in [0.29, 0.717) is 0 Å². The summed E-state index contributed by atoms with van der Waals surface area (Å²) in [6.45, 7) is 2.92. The maximum Gasteiger partial charge on any atom is 0.0100 e. The van der Waals surface area contributed by atoms with E-state index in [1.165, 1.54) is 19.5 Å². The van der Waals surface area contributed by atoms with E-state index in [1.807, 2.05) is 0 Å². The van der Waals surface area contributed by atoms with Crippen molar-refractivity contribution < 1.29 is 0 Å². The summed E-state index contributed by atoms with van der Waals surface area (Å²) in [6.07, 6.45) is 50.8. The van der Waals surface area contributed by atoms with Crippen molar-refractivity contribution >= 4 is 0 Å². The fourth-order valence-electron chi connectivity index (χ4n) is 16.8. The first-order valence-electron chi connectivity index (χ1n) is 24.4. The van der Waals surface area contributed by atoms with E-state index in [9.17, 15) is 0 Å². The third kappa shape index (κ3) is 8.75. The minimum Gasteiger partial charge on any atom is -0.300 e. The van der Waals surface area contributed by atoms with Gasteiger partial charge in [0.2, 0.25) is 0 Å². The highest BCUT2D eigenvalue weighted by Gasteiger charge is 2.41. The Kier molecular flexibility index (Phi) is 12.0. The molecule has 284 valence electrons. The zero-order chi connectivity index (χ0) is 33.3. The molecule has 1 aliphatic heterocycles. The molecule has 9 aliphatic rings. The summed E-state index contributed by atoms with van der Waals surface area (Å²) in [5, 5.41) is 0. The Morgan fingerprint density at radius 2 is 0.540 bits per heavy atom. The molecule has 1 saturated heterocycles. The number of rotatable bonds is 4. The van der Waals surface area contributed by atoms with Crippen molar-refractivity contribution in [1.82, 2.24) is 4.90 Å². The zero-order valence-electron chi connectivity index (χ0n) is 33.1. The number of fused-ring (bicyclic) bond motifs is 8.